The molecule has 1 unspecified atom stereocenters. The van der Waals surface area contributed by atoms with E-state index in [1.165, 1.54) is 23.2 Å². The van der Waals surface area contributed by atoms with Gasteiger partial charge in [0.15, 0.2) is 0 Å². The molecule has 0 radical (unpaired) electrons. The predicted octanol–water partition coefficient (Wildman–Crippen LogP) is 1.65. The Hall–Kier alpha value is -2.67. The maximum Gasteiger partial charge on any atom is 0.312 e. The van der Waals surface area contributed by atoms with Crippen molar-refractivity contribution < 1.29 is 9.72 Å². The second-order valence-corrected chi connectivity index (χ2v) is 4.09. The fourth-order valence-corrected chi connectivity index (χ4v) is 2.00. The second kappa shape index (κ2) is 5.32. The van der Waals surface area contributed by atoms with E-state index in [0.29, 0.717) is 0 Å². The van der Waals surface area contributed by atoms with Crippen molar-refractivity contribution in [3.05, 3.63) is 38.9 Å². The fraction of sp³-hybridized carbons (Fsp3) is 0.400. The summed E-state index contributed by atoms with van der Waals surface area (Å²) >= 11 is 0. The van der Waals surface area contributed by atoms with Crippen LogP contribution in [-0.4, -0.2) is 28.9 Å². The third-order valence-corrected chi connectivity index (χ3v) is 2.83. The smallest absolute Gasteiger partial charge is 0.291 e. The zero-order chi connectivity index (χ0) is 13.8. The van der Waals surface area contributed by atoms with E-state index in [1.807, 2.05) is 0 Å². The number of carbonyl (C=O) groups is 1. The van der Waals surface area contributed by atoms with Crippen LogP contribution in [0, 0.1) is 16.0 Å². The first-order chi connectivity index (χ1) is 9.13. The molecule has 0 saturated carbocycles. The number of hydrogen-bond donors (Lipinski definition) is 0. The molecule has 2 heterocycles. The Bertz CT molecular complexity index is 568. The standard InChI is InChI=1S/C10H10N6O3/c11-14-13-5-7-4-9(17)15(6-7)10-8(16(18)19)2-1-3-12-10/h1-3,7H,4-6H2. The van der Waals surface area contributed by atoms with Gasteiger partial charge in [-0.15, -0.1) is 0 Å². The lowest BCUT2D eigenvalue weighted by Crippen LogP contribution is -2.26. The van der Waals surface area contributed by atoms with E-state index in [9.17, 15) is 14.9 Å². The molecule has 9 nitrogen and oxygen atoms in total. The molecule has 0 N–H and O–H groups in total. The number of carbonyl (C=O) groups excluding carboxylic acids is 1. The van der Waals surface area contributed by atoms with Crippen LogP contribution in [0.2, 0.25) is 0 Å². The van der Waals surface area contributed by atoms with Crippen LogP contribution < -0.4 is 4.90 Å². The van der Waals surface area contributed by atoms with Gasteiger partial charge in [0.05, 0.1) is 4.92 Å². The van der Waals surface area contributed by atoms with Crippen molar-refractivity contribution >= 4 is 17.4 Å². The summed E-state index contributed by atoms with van der Waals surface area (Å²) in [5, 5.41) is 14.3. The average Bonchev–Trinajstić information content (AvgIpc) is 2.77. The Kier molecular flexibility index (Phi) is 3.58. The molecule has 0 spiro atoms. The van der Waals surface area contributed by atoms with Crippen molar-refractivity contribution in [3.63, 3.8) is 0 Å². The molecule has 0 aliphatic carbocycles. The SMILES string of the molecule is [N-]=[N+]=NCC1CC(=O)N(c2ncccc2[N+](=O)[O-])C1. The molecule has 98 valence electrons. The molecule has 0 aromatic carbocycles. The topological polar surface area (TPSA) is 125 Å². The van der Waals surface area contributed by atoms with E-state index in [0.717, 1.165) is 0 Å². The summed E-state index contributed by atoms with van der Waals surface area (Å²) in [7, 11) is 0. The summed E-state index contributed by atoms with van der Waals surface area (Å²) in [6.07, 6.45) is 1.60. The second-order valence-electron chi connectivity index (χ2n) is 4.09. The van der Waals surface area contributed by atoms with Crippen LogP contribution in [0.25, 0.3) is 10.4 Å². The fourth-order valence-electron chi connectivity index (χ4n) is 2.00. The van der Waals surface area contributed by atoms with Crippen molar-refractivity contribution in [1.29, 1.82) is 0 Å². The maximum atomic E-state index is 11.9. The van der Waals surface area contributed by atoms with E-state index in [2.05, 4.69) is 15.0 Å². The van der Waals surface area contributed by atoms with Crippen LogP contribution in [0.15, 0.2) is 23.4 Å². The van der Waals surface area contributed by atoms with Crippen molar-refractivity contribution in [2.24, 2.45) is 11.0 Å². The highest BCUT2D eigenvalue weighted by molar-refractivity contribution is 5.96. The number of nitro groups is 1. The predicted molar refractivity (Wildman–Crippen MR) is 65.4 cm³/mol. The van der Waals surface area contributed by atoms with Gasteiger partial charge in [-0.3, -0.25) is 19.8 Å². The number of pyridine rings is 1. The third-order valence-electron chi connectivity index (χ3n) is 2.83. The Morgan fingerprint density at radius 1 is 1.68 bits per heavy atom. The van der Waals surface area contributed by atoms with Gasteiger partial charge in [0, 0.05) is 36.7 Å². The minimum Gasteiger partial charge on any atom is -0.291 e. The van der Waals surface area contributed by atoms with Crippen LogP contribution in [0.5, 0.6) is 0 Å². The van der Waals surface area contributed by atoms with Gasteiger partial charge < -0.3 is 0 Å². The minimum atomic E-state index is -0.573. The maximum absolute atomic E-state index is 11.9. The van der Waals surface area contributed by atoms with Crippen LogP contribution in [0.3, 0.4) is 0 Å². The Balaban J connectivity index is 2.25. The van der Waals surface area contributed by atoms with Gasteiger partial charge in [-0.25, -0.2) is 4.98 Å². The molecule has 19 heavy (non-hydrogen) atoms. The number of hydrogen-bond acceptors (Lipinski definition) is 5. The van der Waals surface area contributed by atoms with Gasteiger partial charge >= 0.3 is 5.69 Å². The Morgan fingerprint density at radius 2 is 2.47 bits per heavy atom. The number of anilines is 1. The molecule has 1 aromatic rings. The summed E-state index contributed by atoms with van der Waals surface area (Å²) in [4.78, 5) is 30.0. The quantitative estimate of drug-likeness (QED) is 0.269. The van der Waals surface area contributed by atoms with Gasteiger partial charge in [-0.1, -0.05) is 5.11 Å². The molecular formula is C10H10N6O3. The highest BCUT2D eigenvalue weighted by Crippen LogP contribution is 2.30. The van der Waals surface area contributed by atoms with Gasteiger partial charge in [0.1, 0.15) is 0 Å². The molecule has 1 aliphatic rings. The van der Waals surface area contributed by atoms with Gasteiger partial charge in [-0.05, 0) is 17.5 Å². The zero-order valence-electron chi connectivity index (χ0n) is 9.84. The van der Waals surface area contributed by atoms with Crippen molar-refractivity contribution in [2.45, 2.75) is 6.42 Å². The number of nitrogens with zero attached hydrogens (tertiary/aromatic N) is 6. The molecule has 0 bridgehead atoms. The highest BCUT2D eigenvalue weighted by Gasteiger charge is 2.34. The van der Waals surface area contributed by atoms with Crippen molar-refractivity contribution in [1.82, 2.24) is 4.98 Å². The van der Waals surface area contributed by atoms with Crippen molar-refractivity contribution in [2.75, 3.05) is 18.0 Å². The molecule has 1 aliphatic heterocycles. The van der Waals surface area contributed by atoms with Crippen LogP contribution in [0.4, 0.5) is 11.5 Å². The van der Waals surface area contributed by atoms with Crippen LogP contribution >= 0.6 is 0 Å². The lowest BCUT2D eigenvalue weighted by Gasteiger charge is -2.14. The van der Waals surface area contributed by atoms with E-state index < -0.39 is 4.92 Å². The first-order valence-electron chi connectivity index (χ1n) is 5.54. The first-order valence-corrected chi connectivity index (χ1v) is 5.54. The largest absolute Gasteiger partial charge is 0.312 e. The van der Waals surface area contributed by atoms with E-state index >= 15 is 0 Å². The molecular weight excluding hydrogens is 252 g/mol. The lowest BCUT2D eigenvalue weighted by atomic mass is 10.1. The zero-order valence-corrected chi connectivity index (χ0v) is 9.84. The van der Waals surface area contributed by atoms with Gasteiger partial charge in [0.2, 0.25) is 11.7 Å². The average molecular weight is 262 g/mol. The monoisotopic (exact) mass is 262 g/mol. The summed E-state index contributed by atoms with van der Waals surface area (Å²) < 4.78 is 0. The summed E-state index contributed by atoms with van der Waals surface area (Å²) in [6.45, 7) is 0.467. The minimum absolute atomic E-state index is 0.0425. The van der Waals surface area contributed by atoms with Gasteiger partial charge in [0.25, 0.3) is 0 Å². The highest BCUT2D eigenvalue weighted by atomic mass is 16.6. The van der Waals surface area contributed by atoms with Crippen LogP contribution in [0.1, 0.15) is 6.42 Å². The molecule has 9 heteroatoms. The summed E-state index contributed by atoms with van der Waals surface area (Å²) in [5.74, 6) is -0.342. The summed E-state index contributed by atoms with van der Waals surface area (Å²) in [6, 6.07) is 2.75. The Labute approximate surface area is 107 Å². The van der Waals surface area contributed by atoms with E-state index in [-0.39, 0.29) is 42.8 Å². The first kappa shape index (κ1) is 12.8. The summed E-state index contributed by atoms with van der Waals surface area (Å²) in [5.41, 5.74) is 8.04. The molecule has 2 rings (SSSR count). The van der Waals surface area contributed by atoms with E-state index in [4.69, 9.17) is 5.53 Å². The number of aromatic nitrogens is 1. The number of azide groups is 1. The molecule has 1 saturated heterocycles. The number of rotatable bonds is 4. The van der Waals surface area contributed by atoms with E-state index in [1.54, 1.807) is 0 Å². The van der Waals surface area contributed by atoms with Gasteiger partial charge in [-0.2, -0.15) is 0 Å². The normalized spacial score (nSPS) is 18.2. The lowest BCUT2D eigenvalue weighted by molar-refractivity contribution is -0.384. The van der Waals surface area contributed by atoms with Crippen molar-refractivity contribution in [3.8, 4) is 0 Å². The molecule has 1 aromatic heterocycles. The van der Waals surface area contributed by atoms with Crippen LogP contribution in [-0.2, 0) is 4.79 Å². The third kappa shape index (κ3) is 2.61. The molecule has 1 amide bonds. The molecule has 1 fully saturated rings. The Morgan fingerprint density at radius 3 is 3.16 bits per heavy atom. The molecule has 1 atom stereocenters. The number of amides is 1.